The van der Waals surface area contributed by atoms with Crippen LogP contribution in [0.5, 0.6) is 0 Å². The van der Waals surface area contributed by atoms with Crippen LogP contribution >= 0.6 is 0 Å². The molecule has 0 bridgehead atoms. The molecule has 0 aliphatic carbocycles. The van der Waals surface area contributed by atoms with Gasteiger partial charge in [-0.25, -0.2) is 0 Å². The van der Waals surface area contributed by atoms with Gasteiger partial charge >= 0.3 is 0 Å². The molecular weight excluding hydrogens is 412 g/mol. The maximum absolute atomic E-state index is 13.1. The average molecular weight is 447 g/mol. The van der Waals surface area contributed by atoms with Gasteiger partial charge in [-0.05, 0) is 69.1 Å². The summed E-state index contributed by atoms with van der Waals surface area (Å²) in [7, 11) is 5.78. The second-order valence-electron chi connectivity index (χ2n) is 9.41. The maximum Gasteiger partial charge on any atom is 0.253 e. The van der Waals surface area contributed by atoms with Crippen molar-refractivity contribution in [1.29, 1.82) is 0 Å². The number of benzene rings is 2. The van der Waals surface area contributed by atoms with Gasteiger partial charge in [-0.1, -0.05) is 30.3 Å². The predicted octanol–water partition coefficient (Wildman–Crippen LogP) is 3.65. The van der Waals surface area contributed by atoms with Crippen LogP contribution in [0.25, 0.3) is 10.9 Å². The molecule has 1 aliphatic heterocycles. The number of hydrogen-bond acceptors (Lipinski definition) is 3. The molecule has 0 radical (unpaired) electrons. The first kappa shape index (κ1) is 23.1. The van der Waals surface area contributed by atoms with Gasteiger partial charge in [0.2, 0.25) is 5.91 Å². The summed E-state index contributed by atoms with van der Waals surface area (Å²) in [6.45, 7) is 1.84. The van der Waals surface area contributed by atoms with Crippen LogP contribution in [-0.2, 0) is 11.2 Å². The number of carbonyl (C=O) groups is 2. The highest BCUT2D eigenvalue weighted by molar-refractivity contribution is 5.98. The summed E-state index contributed by atoms with van der Waals surface area (Å²) in [4.78, 5) is 35.0. The third-order valence-electron chi connectivity index (χ3n) is 6.80. The van der Waals surface area contributed by atoms with E-state index in [9.17, 15) is 9.59 Å². The standard InChI is InChI=1S/C27H34N4O2/c1-29(2)19-26(32)30(3)25(17-20-7-5-4-6-8-20)21-12-15-31(16-13-21)27(33)23-9-10-24-22(18-23)11-14-28-24/h4-11,14,18,21,25,28H,12-13,15-17,19H2,1-3H3/t25-/m0/s1. The van der Waals surface area contributed by atoms with E-state index in [1.807, 2.05) is 72.4 Å². The highest BCUT2D eigenvalue weighted by atomic mass is 16.2. The molecule has 1 saturated heterocycles. The van der Waals surface area contributed by atoms with Crippen molar-refractivity contribution in [2.75, 3.05) is 40.8 Å². The highest BCUT2D eigenvalue weighted by Gasteiger charge is 2.33. The molecule has 6 nitrogen and oxygen atoms in total. The molecule has 1 aliphatic rings. The molecular formula is C27H34N4O2. The smallest absolute Gasteiger partial charge is 0.253 e. The van der Waals surface area contributed by atoms with Crippen LogP contribution in [0.3, 0.4) is 0 Å². The van der Waals surface area contributed by atoms with Crippen molar-refractivity contribution in [1.82, 2.24) is 19.7 Å². The summed E-state index contributed by atoms with van der Waals surface area (Å²) < 4.78 is 0. The number of fused-ring (bicyclic) bond motifs is 1. The minimum Gasteiger partial charge on any atom is -0.361 e. The Morgan fingerprint density at radius 2 is 1.76 bits per heavy atom. The number of piperidine rings is 1. The zero-order valence-electron chi connectivity index (χ0n) is 19.8. The number of likely N-dealkylation sites (tertiary alicyclic amines) is 1. The fourth-order valence-electron chi connectivity index (χ4n) is 4.90. The molecule has 2 heterocycles. The molecule has 6 heteroatoms. The minimum absolute atomic E-state index is 0.0909. The Kier molecular flexibility index (Phi) is 7.14. The van der Waals surface area contributed by atoms with Crippen molar-refractivity contribution < 1.29 is 9.59 Å². The number of likely N-dealkylation sites (N-methyl/N-ethyl adjacent to an activating group) is 2. The van der Waals surface area contributed by atoms with E-state index in [0.29, 0.717) is 12.5 Å². The number of nitrogens with one attached hydrogen (secondary N) is 1. The van der Waals surface area contributed by atoms with E-state index < -0.39 is 0 Å². The van der Waals surface area contributed by atoms with E-state index in [2.05, 4.69) is 29.2 Å². The van der Waals surface area contributed by atoms with Gasteiger partial charge in [0.1, 0.15) is 0 Å². The summed E-state index contributed by atoms with van der Waals surface area (Å²) in [5.74, 6) is 0.588. The summed E-state index contributed by atoms with van der Waals surface area (Å²) >= 11 is 0. The van der Waals surface area contributed by atoms with Crippen LogP contribution in [0.1, 0.15) is 28.8 Å². The lowest BCUT2D eigenvalue weighted by atomic mass is 9.84. The minimum atomic E-state index is 0.0909. The number of rotatable bonds is 7. The second kappa shape index (κ2) is 10.2. The average Bonchev–Trinajstić information content (AvgIpc) is 3.30. The first-order valence-electron chi connectivity index (χ1n) is 11.7. The first-order chi connectivity index (χ1) is 15.9. The second-order valence-corrected chi connectivity index (χ2v) is 9.41. The van der Waals surface area contributed by atoms with Crippen molar-refractivity contribution in [3.8, 4) is 0 Å². The number of carbonyl (C=O) groups excluding carboxylic acids is 2. The summed E-state index contributed by atoms with van der Waals surface area (Å²) in [5.41, 5.74) is 3.02. The van der Waals surface area contributed by atoms with Crippen molar-refractivity contribution in [2.24, 2.45) is 5.92 Å². The van der Waals surface area contributed by atoms with Crippen LogP contribution in [-0.4, -0.2) is 78.3 Å². The molecule has 1 fully saturated rings. The normalized spacial score (nSPS) is 15.7. The largest absolute Gasteiger partial charge is 0.361 e. The number of nitrogens with zero attached hydrogens (tertiary/aromatic N) is 3. The molecule has 0 spiro atoms. The number of aromatic amines is 1. The Morgan fingerprint density at radius 1 is 1.03 bits per heavy atom. The van der Waals surface area contributed by atoms with Crippen molar-refractivity contribution >= 4 is 22.7 Å². The molecule has 2 aromatic carbocycles. The van der Waals surface area contributed by atoms with Gasteiger partial charge in [0.05, 0.1) is 6.54 Å². The lowest BCUT2D eigenvalue weighted by molar-refractivity contribution is -0.134. The monoisotopic (exact) mass is 446 g/mol. The van der Waals surface area contributed by atoms with Crippen LogP contribution in [0.4, 0.5) is 0 Å². The van der Waals surface area contributed by atoms with E-state index in [1.165, 1.54) is 5.56 Å². The third-order valence-corrected chi connectivity index (χ3v) is 6.80. The Hall–Kier alpha value is -3.12. The topological polar surface area (TPSA) is 59.7 Å². The first-order valence-corrected chi connectivity index (χ1v) is 11.7. The summed E-state index contributed by atoms with van der Waals surface area (Å²) in [6.07, 6.45) is 4.52. The molecule has 3 aromatic rings. The predicted molar refractivity (Wildman–Crippen MR) is 132 cm³/mol. The Balaban J connectivity index is 1.45. The molecule has 174 valence electrons. The van der Waals surface area contributed by atoms with Gasteiger partial charge < -0.3 is 19.7 Å². The summed E-state index contributed by atoms with van der Waals surface area (Å²) in [5, 5.41) is 1.06. The van der Waals surface area contributed by atoms with Gasteiger partial charge in [0.15, 0.2) is 0 Å². The molecule has 2 amide bonds. The maximum atomic E-state index is 13.1. The fourth-order valence-corrected chi connectivity index (χ4v) is 4.90. The number of hydrogen-bond donors (Lipinski definition) is 1. The van der Waals surface area contributed by atoms with Crippen molar-refractivity contribution in [3.05, 3.63) is 71.9 Å². The SMILES string of the molecule is CN(C)CC(=O)N(C)[C@@H](Cc1ccccc1)C1CCN(C(=O)c2ccc3[nH]ccc3c2)CC1. The van der Waals surface area contributed by atoms with E-state index in [-0.39, 0.29) is 17.9 Å². The quantitative estimate of drug-likeness (QED) is 0.603. The lowest BCUT2D eigenvalue weighted by Gasteiger charge is -2.40. The van der Waals surface area contributed by atoms with Gasteiger partial charge in [0, 0.05) is 48.8 Å². The van der Waals surface area contributed by atoms with Crippen molar-refractivity contribution in [3.63, 3.8) is 0 Å². The van der Waals surface area contributed by atoms with Crippen LogP contribution in [0, 0.1) is 5.92 Å². The molecule has 33 heavy (non-hydrogen) atoms. The number of amides is 2. The molecule has 1 N–H and O–H groups in total. The Bertz CT molecular complexity index is 1080. The van der Waals surface area contributed by atoms with Crippen LogP contribution in [0.2, 0.25) is 0 Å². The van der Waals surface area contributed by atoms with E-state index in [4.69, 9.17) is 0 Å². The van der Waals surface area contributed by atoms with Crippen LogP contribution in [0.15, 0.2) is 60.8 Å². The van der Waals surface area contributed by atoms with Crippen molar-refractivity contribution in [2.45, 2.75) is 25.3 Å². The van der Waals surface area contributed by atoms with Gasteiger partial charge in [-0.3, -0.25) is 9.59 Å². The van der Waals surface area contributed by atoms with E-state index in [1.54, 1.807) is 0 Å². The number of aromatic nitrogens is 1. The Morgan fingerprint density at radius 3 is 2.45 bits per heavy atom. The lowest BCUT2D eigenvalue weighted by Crippen LogP contribution is -2.50. The zero-order valence-corrected chi connectivity index (χ0v) is 19.8. The molecule has 1 aromatic heterocycles. The summed E-state index contributed by atoms with van der Waals surface area (Å²) in [6, 6.07) is 18.3. The fraction of sp³-hybridized carbons (Fsp3) is 0.407. The van der Waals surface area contributed by atoms with Crippen LogP contribution < -0.4 is 0 Å². The highest BCUT2D eigenvalue weighted by Crippen LogP contribution is 2.28. The number of H-pyrrole nitrogens is 1. The van der Waals surface area contributed by atoms with E-state index in [0.717, 1.165) is 48.8 Å². The third kappa shape index (κ3) is 5.45. The molecule has 1 atom stereocenters. The molecule has 4 rings (SSSR count). The van der Waals surface area contributed by atoms with Gasteiger partial charge in [-0.15, -0.1) is 0 Å². The van der Waals surface area contributed by atoms with Gasteiger partial charge in [0.25, 0.3) is 5.91 Å². The molecule has 0 unspecified atom stereocenters. The van der Waals surface area contributed by atoms with Gasteiger partial charge in [-0.2, -0.15) is 0 Å². The molecule has 0 saturated carbocycles. The zero-order chi connectivity index (χ0) is 23.4. The Labute approximate surface area is 196 Å². The van der Waals surface area contributed by atoms with E-state index >= 15 is 0 Å².